The first-order valence-corrected chi connectivity index (χ1v) is 10.5. The number of hydrogen-bond donors (Lipinski definition) is 0. The number of allylic oxidation sites excluding steroid dienone is 1. The van der Waals surface area contributed by atoms with Crippen LogP contribution in [0.25, 0.3) is 0 Å². The minimum atomic E-state index is -1.30. The lowest BCUT2D eigenvalue weighted by atomic mass is 10.4. The zero-order valence-corrected chi connectivity index (χ0v) is 13.9. The first kappa shape index (κ1) is 17.5. The molecule has 0 nitrogen and oxygen atoms in total. The van der Waals surface area contributed by atoms with Gasteiger partial charge in [0.2, 0.25) is 0 Å². The van der Waals surface area contributed by atoms with Gasteiger partial charge in [-0.25, -0.2) is 0 Å². The fraction of sp³-hybridized carbons (Fsp3) is 0.765. The Morgan fingerprint density at radius 1 is 0.889 bits per heavy atom. The van der Waals surface area contributed by atoms with Gasteiger partial charge in [0.25, 0.3) is 0 Å². The molecule has 0 radical (unpaired) electrons. The SMILES string of the molecule is C=CCC#C[Si](CCCC)(CCCC)CCCC. The summed E-state index contributed by atoms with van der Waals surface area (Å²) in [6.45, 7) is 10.7. The van der Waals surface area contributed by atoms with Crippen LogP contribution in [0, 0.1) is 11.5 Å². The predicted octanol–water partition coefficient (Wildman–Crippen LogP) is 5.95. The first-order valence-electron chi connectivity index (χ1n) is 7.85. The molecule has 0 aromatic heterocycles. The van der Waals surface area contributed by atoms with Crippen molar-refractivity contribution in [2.45, 2.75) is 83.8 Å². The number of hydrogen-bond acceptors (Lipinski definition) is 0. The average molecular weight is 265 g/mol. The summed E-state index contributed by atoms with van der Waals surface area (Å²) in [5.74, 6) is 3.40. The maximum Gasteiger partial charge on any atom is 0.138 e. The van der Waals surface area contributed by atoms with Crippen LogP contribution in [0.3, 0.4) is 0 Å². The molecule has 0 rings (SSSR count). The fourth-order valence-electron chi connectivity index (χ4n) is 2.42. The monoisotopic (exact) mass is 264 g/mol. The van der Waals surface area contributed by atoms with Crippen LogP contribution >= 0.6 is 0 Å². The molecule has 0 aromatic rings. The van der Waals surface area contributed by atoms with Crippen LogP contribution < -0.4 is 0 Å². The Kier molecular flexibility index (Phi) is 11.3. The van der Waals surface area contributed by atoms with Crippen LogP contribution in [0.2, 0.25) is 18.1 Å². The van der Waals surface area contributed by atoms with E-state index in [2.05, 4.69) is 38.8 Å². The van der Waals surface area contributed by atoms with Crippen molar-refractivity contribution >= 4 is 8.07 Å². The third-order valence-electron chi connectivity index (χ3n) is 3.63. The second kappa shape index (κ2) is 11.6. The van der Waals surface area contributed by atoms with Gasteiger partial charge in [0, 0.05) is 6.42 Å². The van der Waals surface area contributed by atoms with Crippen LogP contribution in [-0.4, -0.2) is 8.07 Å². The molecule has 0 heterocycles. The molecular formula is C17H32Si. The summed E-state index contributed by atoms with van der Waals surface area (Å²) in [5, 5.41) is 0. The molecule has 0 saturated carbocycles. The van der Waals surface area contributed by atoms with Gasteiger partial charge in [-0.2, -0.15) is 0 Å². The molecule has 18 heavy (non-hydrogen) atoms. The molecule has 0 aromatic carbocycles. The van der Waals surface area contributed by atoms with E-state index in [-0.39, 0.29) is 0 Å². The maximum absolute atomic E-state index is 3.78. The number of unbranched alkanes of at least 4 members (excludes halogenated alkanes) is 3. The van der Waals surface area contributed by atoms with Crippen LogP contribution in [0.1, 0.15) is 65.7 Å². The highest BCUT2D eigenvalue weighted by Crippen LogP contribution is 2.27. The van der Waals surface area contributed by atoms with E-state index in [0.29, 0.717) is 0 Å². The van der Waals surface area contributed by atoms with E-state index in [4.69, 9.17) is 0 Å². The Labute approximate surface area is 116 Å². The zero-order chi connectivity index (χ0) is 13.7. The topological polar surface area (TPSA) is 0 Å². The van der Waals surface area contributed by atoms with Crippen molar-refractivity contribution < 1.29 is 0 Å². The maximum atomic E-state index is 3.78. The van der Waals surface area contributed by atoms with E-state index in [9.17, 15) is 0 Å². The lowest BCUT2D eigenvalue weighted by Gasteiger charge is -2.26. The van der Waals surface area contributed by atoms with Crippen molar-refractivity contribution in [2.24, 2.45) is 0 Å². The van der Waals surface area contributed by atoms with Gasteiger partial charge in [0.15, 0.2) is 0 Å². The summed E-state index contributed by atoms with van der Waals surface area (Å²) >= 11 is 0. The van der Waals surface area contributed by atoms with Gasteiger partial charge in [-0.15, -0.1) is 18.0 Å². The highest BCUT2D eigenvalue weighted by molar-refractivity contribution is 6.87. The smallest absolute Gasteiger partial charge is 0.131 e. The van der Waals surface area contributed by atoms with Crippen molar-refractivity contribution in [3.05, 3.63) is 12.7 Å². The molecule has 0 fully saturated rings. The molecule has 0 aliphatic rings. The summed E-state index contributed by atoms with van der Waals surface area (Å²) < 4.78 is 0. The predicted molar refractivity (Wildman–Crippen MR) is 87.5 cm³/mol. The van der Waals surface area contributed by atoms with E-state index in [1.54, 1.807) is 0 Å². The number of rotatable bonds is 10. The van der Waals surface area contributed by atoms with E-state index < -0.39 is 8.07 Å². The Hall–Kier alpha value is -0.483. The van der Waals surface area contributed by atoms with Crippen molar-refractivity contribution in [1.82, 2.24) is 0 Å². The Morgan fingerprint density at radius 3 is 1.67 bits per heavy atom. The van der Waals surface area contributed by atoms with Crippen LogP contribution in [0.15, 0.2) is 12.7 Å². The second-order valence-corrected chi connectivity index (χ2v) is 9.70. The Morgan fingerprint density at radius 2 is 1.33 bits per heavy atom. The van der Waals surface area contributed by atoms with Gasteiger partial charge in [0.1, 0.15) is 8.07 Å². The minimum absolute atomic E-state index is 0.874. The summed E-state index contributed by atoms with van der Waals surface area (Å²) in [4.78, 5) is 0. The molecule has 0 aliphatic heterocycles. The van der Waals surface area contributed by atoms with Gasteiger partial charge in [-0.3, -0.25) is 0 Å². The van der Waals surface area contributed by atoms with E-state index in [1.165, 1.54) is 56.7 Å². The van der Waals surface area contributed by atoms with Crippen LogP contribution in [0.5, 0.6) is 0 Å². The normalized spacial score (nSPS) is 10.8. The van der Waals surface area contributed by atoms with Crippen LogP contribution in [-0.2, 0) is 0 Å². The van der Waals surface area contributed by atoms with E-state index in [1.807, 2.05) is 6.08 Å². The van der Waals surface area contributed by atoms with Crippen molar-refractivity contribution in [1.29, 1.82) is 0 Å². The molecule has 104 valence electrons. The van der Waals surface area contributed by atoms with E-state index in [0.717, 1.165) is 6.42 Å². The van der Waals surface area contributed by atoms with Crippen molar-refractivity contribution in [3.63, 3.8) is 0 Å². The first-order chi connectivity index (χ1) is 8.74. The summed E-state index contributed by atoms with van der Waals surface area (Å²) in [7, 11) is -1.30. The molecule has 0 amide bonds. The third kappa shape index (κ3) is 7.77. The largest absolute Gasteiger partial charge is 0.138 e. The van der Waals surface area contributed by atoms with E-state index >= 15 is 0 Å². The minimum Gasteiger partial charge on any atom is -0.131 e. The van der Waals surface area contributed by atoms with Gasteiger partial charge in [0.05, 0.1) is 0 Å². The van der Waals surface area contributed by atoms with Crippen molar-refractivity contribution in [3.8, 4) is 11.5 Å². The summed E-state index contributed by atoms with van der Waals surface area (Å²) in [6, 6.07) is 4.27. The Balaban J connectivity index is 4.73. The molecule has 0 aliphatic carbocycles. The molecule has 0 unspecified atom stereocenters. The Bertz CT molecular complexity index is 235. The molecule has 0 spiro atoms. The lowest BCUT2D eigenvalue weighted by Crippen LogP contribution is -2.32. The van der Waals surface area contributed by atoms with Crippen molar-refractivity contribution in [2.75, 3.05) is 0 Å². The molecular weight excluding hydrogens is 232 g/mol. The van der Waals surface area contributed by atoms with Gasteiger partial charge < -0.3 is 0 Å². The molecule has 1 heteroatoms. The highest BCUT2D eigenvalue weighted by atomic mass is 28.3. The van der Waals surface area contributed by atoms with Crippen LogP contribution in [0.4, 0.5) is 0 Å². The standard InChI is InChI=1S/C17H32Si/c1-5-9-13-17-18(14-10-6-2,15-11-7-3)16-12-8-4/h5H,1,6-12,14-16H2,2-4H3. The molecule has 0 saturated heterocycles. The second-order valence-electron chi connectivity index (χ2n) is 5.39. The molecule has 0 bridgehead atoms. The quantitative estimate of drug-likeness (QED) is 0.260. The molecule has 0 atom stereocenters. The lowest BCUT2D eigenvalue weighted by molar-refractivity contribution is 0.802. The fourth-order valence-corrected chi connectivity index (χ4v) is 7.11. The zero-order valence-electron chi connectivity index (χ0n) is 12.9. The van der Waals surface area contributed by atoms with Gasteiger partial charge >= 0.3 is 0 Å². The third-order valence-corrected chi connectivity index (χ3v) is 8.27. The average Bonchev–Trinajstić information content (AvgIpc) is 2.40. The molecule has 0 N–H and O–H groups in total. The summed E-state index contributed by atoms with van der Waals surface area (Å²) in [6.07, 6.45) is 10.9. The van der Waals surface area contributed by atoms with Gasteiger partial charge in [-0.1, -0.05) is 65.4 Å². The highest BCUT2D eigenvalue weighted by Gasteiger charge is 2.29. The summed E-state index contributed by atoms with van der Waals surface area (Å²) in [5.41, 5.74) is 3.76. The van der Waals surface area contributed by atoms with Gasteiger partial charge in [-0.05, 0) is 18.1 Å².